The first-order valence-electron chi connectivity index (χ1n) is 7.17. The average Bonchev–Trinajstić information content (AvgIpc) is 2.62. The molecule has 1 aliphatic rings. The zero-order chi connectivity index (χ0) is 14.8. The fourth-order valence-electron chi connectivity index (χ4n) is 2.40. The van der Waals surface area contributed by atoms with Gasteiger partial charge >= 0.3 is 0 Å². The fourth-order valence-corrected chi connectivity index (χ4v) is 2.40. The summed E-state index contributed by atoms with van der Waals surface area (Å²) >= 11 is 0. The number of carbonyl (C=O) groups excluding carboxylic acids is 1. The zero-order valence-electron chi connectivity index (χ0n) is 12.8. The van der Waals surface area contributed by atoms with Crippen molar-refractivity contribution in [3.05, 3.63) is 11.8 Å². The maximum absolute atomic E-state index is 12.3. The van der Waals surface area contributed by atoms with Gasteiger partial charge in [0.15, 0.2) is 0 Å². The van der Waals surface area contributed by atoms with E-state index in [0.717, 1.165) is 32.6 Å². The van der Waals surface area contributed by atoms with Gasteiger partial charge in [0.25, 0.3) is 0 Å². The van der Waals surface area contributed by atoms with Crippen LogP contribution in [0.15, 0.2) is 4.42 Å². The fraction of sp³-hybridized carbons (Fsp3) is 0.786. The Hall–Kier alpha value is -1.43. The second-order valence-corrected chi connectivity index (χ2v) is 6.39. The molecule has 1 saturated heterocycles. The third-order valence-corrected chi connectivity index (χ3v) is 3.44. The van der Waals surface area contributed by atoms with Crippen LogP contribution in [0.2, 0.25) is 0 Å². The van der Waals surface area contributed by atoms with E-state index in [1.54, 1.807) is 6.92 Å². The van der Waals surface area contributed by atoms with Crippen molar-refractivity contribution in [1.82, 2.24) is 20.0 Å². The summed E-state index contributed by atoms with van der Waals surface area (Å²) in [5, 5.41) is 7.87. The summed E-state index contributed by atoms with van der Waals surface area (Å²) in [6.45, 7) is 11.8. The molecule has 6 nitrogen and oxygen atoms in total. The molecule has 1 aliphatic heterocycles. The predicted molar refractivity (Wildman–Crippen MR) is 75.0 cm³/mol. The molecule has 2 heterocycles. The van der Waals surface area contributed by atoms with Crippen LogP contribution in [0.3, 0.4) is 0 Å². The molecule has 0 aliphatic carbocycles. The van der Waals surface area contributed by atoms with Crippen molar-refractivity contribution >= 4 is 5.91 Å². The lowest BCUT2D eigenvalue weighted by Gasteiger charge is -2.28. The number of carbonyl (C=O) groups is 1. The summed E-state index contributed by atoms with van der Waals surface area (Å²) in [6, 6.07) is 0. The molecular weight excluding hydrogens is 256 g/mol. The topological polar surface area (TPSA) is 62.5 Å². The van der Waals surface area contributed by atoms with E-state index in [-0.39, 0.29) is 11.3 Å². The normalized spacial score (nSPS) is 18.1. The third-order valence-electron chi connectivity index (χ3n) is 3.44. The summed E-state index contributed by atoms with van der Waals surface area (Å²) in [4.78, 5) is 16.5. The van der Waals surface area contributed by atoms with E-state index in [2.05, 4.69) is 15.1 Å². The standard InChI is InChI=1S/C14H24N4O2/c1-11-15-16-12(20-11)10-17-6-5-7-18(9-8-17)13(19)14(2,3)4/h5-10H2,1-4H3. The van der Waals surface area contributed by atoms with Gasteiger partial charge in [0, 0.05) is 38.5 Å². The van der Waals surface area contributed by atoms with Gasteiger partial charge in [0.2, 0.25) is 17.7 Å². The zero-order valence-corrected chi connectivity index (χ0v) is 12.8. The van der Waals surface area contributed by atoms with Crippen LogP contribution in [-0.2, 0) is 11.3 Å². The quantitative estimate of drug-likeness (QED) is 0.820. The second kappa shape index (κ2) is 5.91. The lowest BCUT2D eigenvalue weighted by atomic mass is 9.94. The molecule has 0 N–H and O–H groups in total. The van der Waals surface area contributed by atoms with Crippen molar-refractivity contribution < 1.29 is 9.21 Å². The first-order chi connectivity index (χ1) is 9.36. The molecule has 20 heavy (non-hydrogen) atoms. The highest BCUT2D eigenvalue weighted by Gasteiger charge is 2.28. The molecule has 6 heteroatoms. The van der Waals surface area contributed by atoms with E-state index >= 15 is 0 Å². The molecule has 1 aromatic heterocycles. The minimum atomic E-state index is -0.307. The van der Waals surface area contributed by atoms with E-state index in [1.165, 1.54) is 0 Å². The highest BCUT2D eigenvalue weighted by Crippen LogP contribution is 2.19. The average molecular weight is 280 g/mol. The first kappa shape index (κ1) is 15.0. The number of amides is 1. The van der Waals surface area contributed by atoms with Gasteiger partial charge in [-0.05, 0) is 6.42 Å². The molecule has 1 aromatic rings. The Labute approximate surface area is 120 Å². The highest BCUT2D eigenvalue weighted by molar-refractivity contribution is 5.81. The third kappa shape index (κ3) is 3.79. The summed E-state index contributed by atoms with van der Waals surface area (Å²) in [7, 11) is 0. The predicted octanol–water partition coefficient (Wildman–Crippen LogP) is 1.46. The van der Waals surface area contributed by atoms with Crippen molar-refractivity contribution in [2.24, 2.45) is 5.41 Å². The maximum Gasteiger partial charge on any atom is 0.230 e. The van der Waals surface area contributed by atoms with E-state index < -0.39 is 0 Å². The molecular formula is C14H24N4O2. The van der Waals surface area contributed by atoms with Crippen molar-refractivity contribution in [3.63, 3.8) is 0 Å². The van der Waals surface area contributed by atoms with Crippen LogP contribution in [0.1, 0.15) is 39.0 Å². The maximum atomic E-state index is 12.3. The van der Waals surface area contributed by atoms with Gasteiger partial charge in [-0.25, -0.2) is 0 Å². The lowest BCUT2D eigenvalue weighted by Crippen LogP contribution is -2.41. The molecule has 0 bridgehead atoms. The number of nitrogens with zero attached hydrogens (tertiary/aromatic N) is 4. The van der Waals surface area contributed by atoms with Gasteiger partial charge in [-0.3, -0.25) is 9.69 Å². The molecule has 0 atom stereocenters. The van der Waals surface area contributed by atoms with Crippen LogP contribution in [0, 0.1) is 12.3 Å². The summed E-state index contributed by atoms with van der Waals surface area (Å²) in [5.74, 6) is 1.48. The number of aryl methyl sites for hydroxylation is 1. The van der Waals surface area contributed by atoms with E-state index in [0.29, 0.717) is 18.3 Å². The Morgan fingerprint density at radius 3 is 2.55 bits per heavy atom. The van der Waals surface area contributed by atoms with E-state index in [4.69, 9.17) is 4.42 Å². The molecule has 0 unspecified atom stereocenters. The van der Waals surface area contributed by atoms with E-state index in [9.17, 15) is 4.79 Å². The highest BCUT2D eigenvalue weighted by atomic mass is 16.4. The summed E-state index contributed by atoms with van der Waals surface area (Å²) in [6.07, 6.45) is 0.981. The van der Waals surface area contributed by atoms with Gasteiger partial charge in [-0.15, -0.1) is 10.2 Å². The van der Waals surface area contributed by atoms with Crippen LogP contribution in [0.5, 0.6) is 0 Å². The molecule has 0 saturated carbocycles. The monoisotopic (exact) mass is 280 g/mol. The Balaban J connectivity index is 1.90. The Morgan fingerprint density at radius 1 is 1.20 bits per heavy atom. The smallest absolute Gasteiger partial charge is 0.230 e. The number of hydrogen-bond acceptors (Lipinski definition) is 5. The summed E-state index contributed by atoms with van der Waals surface area (Å²) in [5.41, 5.74) is -0.307. The van der Waals surface area contributed by atoms with E-state index in [1.807, 2.05) is 25.7 Å². The molecule has 0 radical (unpaired) electrons. The van der Waals surface area contributed by atoms with Gasteiger partial charge in [0.05, 0.1) is 6.54 Å². The Morgan fingerprint density at radius 2 is 1.95 bits per heavy atom. The van der Waals surface area contributed by atoms with Crippen molar-refractivity contribution in [1.29, 1.82) is 0 Å². The minimum absolute atomic E-state index is 0.230. The lowest BCUT2D eigenvalue weighted by molar-refractivity contribution is -0.139. The number of hydrogen-bond donors (Lipinski definition) is 0. The minimum Gasteiger partial charge on any atom is -0.424 e. The van der Waals surface area contributed by atoms with Gasteiger partial charge in [0.1, 0.15) is 0 Å². The van der Waals surface area contributed by atoms with Crippen LogP contribution in [0.4, 0.5) is 0 Å². The Bertz CT molecular complexity index is 464. The first-order valence-corrected chi connectivity index (χ1v) is 7.17. The second-order valence-electron chi connectivity index (χ2n) is 6.39. The Kier molecular flexibility index (Phi) is 4.42. The van der Waals surface area contributed by atoms with Crippen molar-refractivity contribution in [2.75, 3.05) is 26.2 Å². The molecule has 1 amide bonds. The summed E-state index contributed by atoms with van der Waals surface area (Å²) < 4.78 is 5.41. The van der Waals surface area contributed by atoms with Crippen LogP contribution >= 0.6 is 0 Å². The van der Waals surface area contributed by atoms with Crippen LogP contribution < -0.4 is 0 Å². The molecule has 0 spiro atoms. The SMILES string of the molecule is Cc1nnc(CN2CCCN(C(=O)C(C)(C)C)CC2)o1. The molecule has 0 aromatic carbocycles. The van der Waals surface area contributed by atoms with Crippen LogP contribution in [-0.4, -0.2) is 52.1 Å². The van der Waals surface area contributed by atoms with Crippen molar-refractivity contribution in [3.8, 4) is 0 Å². The van der Waals surface area contributed by atoms with Gasteiger partial charge < -0.3 is 9.32 Å². The van der Waals surface area contributed by atoms with Gasteiger partial charge in [-0.2, -0.15) is 0 Å². The van der Waals surface area contributed by atoms with Gasteiger partial charge in [-0.1, -0.05) is 20.8 Å². The number of rotatable bonds is 2. The molecule has 2 rings (SSSR count). The molecule has 1 fully saturated rings. The largest absolute Gasteiger partial charge is 0.424 e. The molecule has 112 valence electrons. The van der Waals surface area contributed by atoms with Crippen LogP contribution in [0.25, 0.3) is 0 Å². The number of aromatic nitrogens is 2. The van der Waals surface area contributed by atoms with Crippen molar-refractivity contribution in [2.45, 2.75) is 40.7 Å².